The van der Waals surface area contributed by atoms with Gasteiger partial charge in [-0.15, -0.1) is 0 Å². The van der Waals surface area contributed by atoms with Gasteiger partial charge < -0.3 is 0 Å². The summed E-state index contributed by atoms with van der Waals surface area (Å²) in [6.07, 6.45) is 10.3. The fourth-order valence-electron chi connectivity index (χ4n) is 1.99. The Balaban J connectivity index is 2.12. The molecule has 0 saturated heterocycles. The maximum absolute atomic E-state index is 4.33. The summed E-state index contributed by atoms with van der Waals surface area (Å²) < 4.78 is 0. The highest BCUT2D eigenvalue weighted by Gasteiger charge is 2.04. The van der Waals surface area contributed by atoms with E-state index in [9.17, 15) is 0 Å². The van der Waals surface area contributed by atoms with Gasteiger partial charge in [-0.1, -0.05) is 6.07 Å². The van der Waals surface area contributed by atoms with Gasteiger partial charge in [0.05, 0.1) is 11.9 Å². The van der Waals surface area contributed by atoms with Crippen LogP contribution in [0.15, 0.2) is 55.5 Å². The van der Waals surface area contributed by atoms with Crippen LogP contribution in [0.1, 0.15) is 5.56 Å². The van der Waals surface area contributed by atoms with Crippen LogP contribution in [0.4, 0.5) is 0 Å². The van der Waals surface area contributed by atoms with Crippen LogP contribution < -0.4 is 0 Å². The molecule has 0 aliphatic rings. The molecule has 0 atom stereocenters. The Bertz CT molecular complexity index is 623. The zero-order valence-corrected chi connectivity index (χ0v) is 10.5. The number of aromatic nitrogens is 4. The molecule has 19 heavy (non-hydrogen) atoms. The second kappa shape index (κ2) is 4.94. The van der Waals surface area contributed by atoms with Crippen molar-refractivity contribution >= 4 is 0 Å². The Morgan fingerprint density at radius 2 is 1.53 bits per heavy atom. The van der Waals surface area contributed by atoms with Crippen molar-refractivity contribution in [2.45, 2.75) is 6.92 Å². The largest absolute Gasteiger partial charge is 0.261 e. The molecule has 4 nitrogen and oxygen atoms in total. The molecular weight excluding hydrogens is 236 g/mol. The van der Waals surface area contributed by atoms with Crippen molar-refractivity contribution in [1.82, 2.24) is 19.9 Å². The van der Waals surface area contributed by atoms with Gasteiger partial charge in [-0.3, -0.25) is 9.97 Å². The van der Waals surface area contributed by atoms with Crippen molar-refractivity contribution in [2.75, 3.05) is 0 Å². The highest BCUT2D eigenvalue weighted by molar-refractivity contribution is 5.71. The highest BCUT2D eigenvalue weighted by atomic mass is 14.8. The van der Waals surface area contributed by atoms with Gasteiger partial charge >= 0.3 is 0 Å². The molecule has 0 fully saturated rings. The minimum atomic E-state index is 0.865. The fourth-order valence-corrected chi connectivity index (χ4v) is 1.99. The van der Waals surface area contributed by atoms with E-state index in [2.05, 4.69) is 45.1 Å². The van der Waals surface area contributed by atoms with E-state index in [-0.39, 0.29) is 0 Å². The molecule has 0 spiro atoms. The average molecular weight is 248 g/mol. The molecule has 0 amide bonds. The maximum atomic E-state index is 4.33. The van der Waals surface area contributed by atoms with Crippen LogP contribution in [0.25, 0.3) is 22.4 Å². The minimum absolute atomic E-state index is 0.865. The molecule has 0 unspecified atom stereocenters. The average Bonchev–Trinajstić information content (AvgIpc) is 2.48. The molecule has 3 rings (SSSR count). The third-order valence-electron chi connectivity index (χ3n) is 2.83. The molecule has 1 aromatic carbocycles. The van der Waals surface area contributed by atoms with Crippen LogP contribution in [0, 0.1) is 6.92 Å². The van der Waals surface area contributed by atoms with Crippen molar-refractivity contribution in [3.05, 3.63) is 61.1 Å². The topological polar surface area (TPSA) is 51.6 Å². The van der Waals surface area contributed by atoms with Crippen molar-refractivity contribution in [3.63, 3.8) is 0 Å². The normalized spacial score (nSPS) is 10.4. The molecular formula is C15H12N4. The summed E-state index contributed by atoms with van der Waals surface area (Å²) in [4.78, 5) is 16.5. The first-order chi connectivity index (χ1) is 9.33. The van der Waals surface area contributed by atoms with Crippen LogP contribution in [0.3, 0.4) is 0 Å². The van der Waals surface area contributed by atoms with E-state index < -0.39 is 0 Å². The lowest BCUT2D eigenvalue weighted by Crippen LogP contribution is -1.88. The van der Waals surface area contributed by atoms with Gasteiger partial charge in [-0.2, -0.15) is 0 Å². The molecule has 2 heterocycles. The number of rotatable bonds is 2. The first kappa shape index (κ1) is 11.5. The Labute approximate surface area is 111 Å². The lowest BCUT2D eigenvalue weighted by molar-refractivity contribution is 1.17. The number of hydrogen-bond donors (Lipinski definition) is 0. The Morgan fingerprint density at radius 1 is 0.737 bits per heavy atom. The lowest BCUT2D eigenvalue weighted by Gasteiger charge is -2.06. The molecule has 4 heteroatoms. The first-order valence-corrected chi connectivity index (χ1v) is 5.96. The monoisotopic (exact) mass is 248 g/mol. The van der Waals surface area contributed by atoms with Crippen LogP contribution in [0.5, 0.6) is 0 Å². The molecule has 0 radical (unpaired) electrons. The molecule has 92 valence electrons. The Morgan fingerprint density at radius 3 is 2.26 bits per heavy atom. The SMILES string of the molecule is Cc1cc(-c2cncnc2)cc(-c2cnccn2)c1. The number of nitrogens with zero attached hydrogens (tertiary/aromatic N) is 4. The zero-order valence-electron chi connectivity index (χ0n) is 10.5. The summed E-state index contributed by atoms with van der Waals surface area (Å²) in [5.74, 6) is 0. The summed E-state index contributed by atoms with van der Waals surface area (Å²) in [6, 6.07) is 6.28. The lowest BCUT2D eigenvalue weighted by atomic mass is 10.0. The number of benzene rings is 1. The Hall–Kier alpha value is -2.62. The standard InChI is InChI=1S/C15H12N4/c1-11-4-12(14-7-17-10-18-8-14)6-13(5-11)15-9-16-2-3-19-15/h2-10H,1H3. The van der Waals surface area contributed by atoms with Gasteiger partial charge in [0.1, 0.15) is 6.33 Å². The fraction of sp³-hybridized carbons (Fsp3) is 0.0667. The van der Waals surface area contributed by atoms with E-state index in [1.807, 2.05) is 12.4 Å². The van der Waals surface area contributed by atoms with Gasteiger partial charge in [-0.25, -0.2) is 9.97 Å². The van der Waals surface area contributed by atoms with E-state index >= 15 is 0 Å². The number of aryl methyl sites for hydroxylation is 1. The van der Waals surface area contributed by atoms with Gasteiger partial charge in [-0.05, 0) is 30.2 Å². The van der Waals surface area contributed by atoms with Gasteiger partial charge in [0.25, 0.3) is 0 Å². The van der Waals surface area contributed by atoms with E-state index in [0.717, 1.165) is 22.4 Å². The zero-order chi connectivity index (χ0) is 13.1. The summed E-state index contributed by atoms with van der Waals surface area (Å²) in [7, 11) is 0. The summed E-state index contributed by atoms with van der Waals surface area (Å²) in [6.45, 7) is 2.06. The first-order valence-electron chi connectivity index (χ1n) is 5.96. The summed E-state index contributed by atoms with van der Waals surface area (Å²) in [5.41, 5.74) is 5.16. The maximum Gasteiger partial charge on any atom is 0.115 e. The van der Waals surface area contributed by atoms with Crippen LogP contribution in [0.2, 0.25) is 0 Å². The van der Waals surface area contributed by atoms with Crippen molar-refractivity contribution in [2.24, 2.45) is 0 Å². The van der Waals surface area contributed by atoms with Crippen LogP contribution >= 0.6 is 0 Å². The summed E-state index contributed by atoms with van der Waals surface area (Å²) in [5, 5.41) is 0. The molecule has 0 bridgehead atoms. The predicted molar refractivity (Wildman–Crippen MR) is 73.2 cm³/mol. The van der Waals surface area contributed by atoms with Gasteiger partial charge in [0.15, 0.2) is 0 Å². The summed E-state index contributed by atoms with van der Waals surface area (Å²) >= 11 is 0. The molecule has 0 aliphatic heterocycles. The second-order valence-electron chi connectivity index (χ2n) is 4.31. The molecule has 3 aromatic rings. The van der Waals surface area contributed by atoms with Crippen molar-refractivity contribution in [3.8, 4) is 22.4 Å². The molecule has 0 saturated carbocycles. The third kappa shape index (κ3) is 2.47. The minimum Gasteiger partial charge on any atom is -0.261 e. The molecule has 0 N–H and O–H groups in total. The smallest absolute Gasteiger partial charge is 0.115 e. The highest BCUT2D eigenvalue weighted by Crippen LogP contribution is 2.25. The van der Waals surface area contributed by atoms with Gasteiger partial charge in [0, 0.05) is 35.9 Å². The number of hydrogen-bond acceptors (Lipinski definition) is 4. The van der Waals surface area contributed by atoms with E-state index in [4.69, 9.17) is 0 Å². The van der Waals surface area contributed by atoms with Crippen LogP contribution in [-0.4, -0.2) is 19.9 Å². The molecule has 0 aliphatic carbocycles. The quantitative estimate of drug-likeness (QED) is 0.699. The molecule has 2 aromatic heterocycles. The second-order valence-corrected chi connectivity index (χ2v) is 4.31. The van der Waals surface area contributed by atoms with E-state index in [1.54, 1.807) is 18.6 Å². The van der Waals surface area contributed by atoms with E-state index in [1.165, 1.54) is 11.9 Å². The van der Waals surface area contributed by atoms with Crippen molar-refractivity contribution < 1.29 is 0 Å². The van der Waals surface area contributed by atoms with Gasteiger partial charge in [0.2, 0.25) is 0 Å². The Kier molecular flexibility index (Phi) is 2.98. The van der Waals surface area contributed by atoms with Crippen molar-refractivity contribution in [1.29, 1.82) is 0 Å². The third-order valence-corrected chi connectivity index (χ3v) is 2.83. The van der Waals surface area contributed by atoms with Crippen LogP contribution in [-0.2, 0) is 0 Å². The van der Waals surface area contributed by atoms with E-state index in [0.29, 0.717) is 0 Å². The predicted octanol–water partition coefficient (Wildman–Crippen LogP) is 2.91.